The number of hydrogen-bond acceptors (Lipinski definition) is 3. The van der Waals surface area contributed by atoms with Crippen molar-refractivity contribution in [1.82, 2.24) is 0 Å². The van der Waals surface area contributed by atoms with Gasteiger partial charge in [0.15, 0.2) is 0 Å². The standard InChI is InChI=1S/C19H32O3S.Na/c1-4-6-8-9-10-12-17(11-7-5-2)18-14-13-16(3)19(15-18)23(20,21)22;/h13-15,17H,4-12H2,1-3H3,(H,20,21,22);/q;+1/p-1. The third kappa shape index (κ3) is 8.48. The maximum atomic E-state index is 11.4. The first-order valence-electron chi connectivity index (χ1n) is 8.96. The molecule has 0 heterocycles. The van der Waals surface area contributed by atoms with Gasteiger partial charge in [0, 0.05) is 0 Å². The van der Waals surface area contributed by atoms with Gasteiger partial charge in [0.05, 0.1) is 4.90 Å². The molecule has 1 atom stereocenters. The molecule has 5 heteroatoms. The third-order valence-corrected chi connectivity index (χ3v) is 5.49. The molecule has 1 aromatic carbocycles. The average Bonchev–Trinajstić information content (AvgIpc) is 2.49. The second-order valence-electron chi connectivity index (χ2n) is 6.52. The summed E-state index contributed by atoms with van der Waals surface area (Å²) in [6.45, 7) is 6.06. The minimum absolute atomic E-state index is 0. The zero-order valence-corrected chi connectivity index (χ0v) is 18.6. The van der Waals surface area contributed by atoms with Crippen molar-refractivity contribution < 1.29 is 42.5 Å². The van der Waals surface area contributed by atoms with Gasteiger partial charge in [-0.25, -0.2) is 8.42 Å². The van der Waals surface area contributed by atoms with Crippen LogP contribution < -0.4 is 29.6 Å². The Bertz CT molecular complexity index is 570. The normalized spacial score (nSPS) is 12.7. The minimum atomic E-state index is -4.39. The molecule has 1 aromatic rings. The first-order chi connectivity index (χ1) is 10.9. The van der Waals surface area contributed by atoms with Gasteiger partial charge in [-0.2, -0.15) is 0 Å². The predicted octanol–water partition coefficient (Wildman–Crippen LogP) is 2.54. The van der Waals surface area contributed by atoms with E-state index in [4.69, 9.17) is 0 Å². The molecular weight excluding hydrogens is 331 g/mol. The third-order valence-electron chi connectivity index (χ3n) is 4.52. The summed E-state index contributed by atoms with van der Waals surface area (Å²) in [4.78, 5) is -0.0533. The monoisotopic (exact) mass is 362 g/mol. The fourth-order valence-electron chi connectivity index (χ4n) is 3.06. The largest absolute Gasteiger partial charge is 1.00 e. The summed E-state index contributed by atoms with van der Waals surface area (Å²) >= 11 is 0. The van der Waals surface area contributed by atoms with E-state index < -0.39 is 10.1 Å². The molecular formula is C19H31NaO3S. The van der Waals surface area contributed by atoms with Crippen molar-refractivity contribution >= 4 is 10.1 Å². The summed E-state index contributed by atoms with van der Waals surface area (Å²) in [5.74, 6) is 0.359. The predicted molar refractivity (Wildman–Crippen MR) is 94.8 cm³/mol. The number of unbranched alkanes of at least 4 members (excludes halogenated alkanes) is 5. The van der Waals surface area contributed by atoms with Crippen LogP contribution in [0.2, 0.25) is 0 Å². The molecule has 3 nitrogen and oxygen atoms in total. The number of aryl methyl sites for hydroxylation is 1. The van der Waals surface area contributed by atoms with Crippen LogP contribution in [0.4, 0.5) is 0 Å². The van der Waals surface area contributed by atoms with Gasteiger partial charge in [-0.05, 0) is 42.9 Å². The molecule has 0 N–H and O–H groups in total. The van der Waals surface area contributed by atoms with Crippen LogP contribution in [0.25, 0.3) is 0 Å². The van der Waals surface area contributed by atoms with E-state index in [9.17, 15) is 13.0 Å². The Labute approximate surface area is 170 Å². The number of hydrogen-bond donors (Lipinski definition) is 0. The van der Waals surface area contributed by atoms with Crippen LogP contribution in [0.1, 0.15) is 88.7 Å². The van der Waals surface area contributed by atoms with Crippen LogP contribution in [-0.2, 0) is 10.1 Å². The maximum Gasteiger partial charge on any atom is 1.00 e. The molecule has 0 aromatic heterocycles. The van der Waals surface area contributed by atoms with Crippen LogP contribution in [0.3, 0.4) is 0 Å². The van der Waals surface area contributed by atoms with Gasteiger partial charge < -0.3 is 4.55 Å². The van der Waals surface area contributed by atoms with Gasteiger partial charge in [-0.15, -0.1) is 0 Å². The minimum Gasteiger partial charge on any atom is -0.744 e. The average molecular weight is 363 g/mol. The maximum absolute atomic E-state index is 11.4. The number of rotatable bonds is 11. The van der Waals surface area contributed by atoms with E-state index in [1.807, 2.05) is 6.07 Å². The summed E-state index contributed by atoms with van der Waals surface area (Å²) in [5, 5.41) is 0. The molecule has 0 saturated carbocycles. The van der Waals surface area contributed by atoms with E-state index in [2.05, 4.69) is 13.8 Å². The molecule has 132 valence electrons. The van der Waals surface area contributed by atoms with Gasteiger partial charge >= 0.3 is 29.6 Å². The van der Waals surface area contributed by atoms with Gasteiger partial charge in [0.1, 0.15) is 10.1 Å². The second-order valence-corrected chi connectivity index (χ2v) is 7.87. The van der Waals surface area contributed by atoms with Crippen LogP contribution in [0.5, 0.6) is 0 Å². The molecule has 24 heavy (non-hydrogen) atoms. The molecule has 1 rings (SSSR count). The molecule has 0 spiro atoms. The molecule has 0 aliphatic rings. The molecule has 1 unspecified atom stereocenters. The zero-order valence-electron chi connectivity index (χ0n) is 15.8. The molecule has 0 saturated heterocycles. The van der Waals surface area contributed by atoms with Crippen LogP contribution in [0.15, 0.2) is 23.1 Å². The molecule has 0 aliphatic heterocycles. The summed E-state index contributed by atoms with van der Waals surface area (Å²) < 4.78 is 34.3. The van der Waals surface area contributed by atoms with E-state index in [1.165, 1.54) is 32.1 Å². The first-order valence-corrected chi connectivity index (χ1v) is 10.4. The van der Waals surface area contributed by atoms with Crippen molar-refractivity contribution in [3.8, 4) is 0 Å². The van der Waals surface area contributed by atoms with Crippen molar-refractivity contribution in [2.45, 2.75) is 89.4 Å². The van der Waals surface area contributed by atoms with Crippen LogP contribution in [-0.4, -0.2) is 13.0 Å². The first kappa shape index (κ1) is 24.1. The van der Waals surface area contributed by atoms with Crippen molar-refractivity contribution in [2.75, 3.05) is 0 Å². The fraction of sp³-hybridized carbons (Fsp3) is 0.684. The smallest absolute Gasteiger partial charge is 0.744 e. The van der Waals surface area contributed by atoms with Crippen molar-refractivity contribution in [1.29, 1.82) is 0 Å². The SMILES string of the molecule is CCCCCCCC(CCCC)c1ccc(C)c(S(=O)(=O)[O-])c1.[Na+]. The van der Waals surface area contributed by atoms with Gasteiger partial charge in [0.25, 0.3) is 0 Å². The Morgan fingerprint density at radius 3 is 2.12 bits per heavy atom. The quantitative estimate of drug-likeness (QED) is 0.345. The van der Waals surface area contributed by atoms with Crippen molar-refractivity contribution in [3.05, 3.63) is 29.3 Å². The van der Waals surface area contributed by atoms with Crippen LogP contribution >= 0.6 is 0 Å². The summed E-state index contributed by atoms with van der Waals surface area (Å²) in [7, 11) is -4.39. The summed E-state index contributed by atoms with van der Waals surface area (Å²) in [6.07, 6.45) is 10.6. The Morgan fingerprint density at radius 1 is 0.958 bits per heavy atom. The van der Waals surface area contributed by atoms with Gasteiger partial charge in [-0.1, -0.05) is 70.9 Å². The Hall–Kier alpha value is 0.130. The van der Waals surface area contributed by atoms with Crippen molar-refractivity contribution in [2.24, 2.45) is 0 Å². The van der Waals surface area contributed by atoms with E-state index in [-0.39, 0.29) is 34.5 Å². The second kappa shape index (κ2) is 12.5. The van der Waals surface area contributed by atoms with Crippen molar-refractivity contribution in [3.63, 3.8) is 0 Å². The number of benzene rings is 1. The molecule has 0 bridgehead atoms. The molecule has 0 fully saturated rings. The van der Waals surface area contributed by atoms with Gasteiger partial charge in [-0.3, -0.25) is 0 Å². The Kier molecular flexibility index (Phi) is 12.5. The van der Waals surface area contributed by atoms with E-state index in [1.54, 1.807) is 19.1 Å². The Morgan fingerprint density at radius 2 is 1.54 bits per heavy atom. The summed E-state index contributed by atoms with van der Waals surface area (Å²) in [5.41, 5.74) is 1.55. The summed E-state index contributed by atoms with van der Waals surface area (Å²) in [6, 6.07) is 5.39. The van der Waals surface area contributed by atoms with Gasteiger partial charge in [0.2, 0.25) is 0 Å². The topological polar surface area (TPSA) is 57.2 Å². The van der Waals surface area contributed by atoms with E-state index in [0.717, 1.165) is 31.2 Å². The van der Waals surface area contributed by atoms with E-state index >= 15 is 0 Å². The Balaban J connectivity index is 0.00000529. The van der Waals surface area contributed by atoms with Crippen LogP contribution in [0, 0.1) is 6.92 Å². The molecule has 0 amide bonds. The fourth-order valence-corrected chi connectivity index (χ4v) is 3.81. The molecule has 0 radical (unpaired) electrons. The van der Waals surface area contributed by atoms with E-state index in [0.29, 0.717) is 11.5 Å². The zero-order chi connectivity index (χ0) is 17.3. The molecule has 0 aliphatic carbocycles.